The molecule has 2 aromatic carbocycles. The lowest BCUT2D eigenvalue weighted by atomic mass is 10.1. The first-order chi connectivity index (χ1) is 10.4. The number of aryl methyl sites for hydroxylation is 1. The molecule has 116 valence electrons. The van der Waals surface area contributed by atoms with E-state index in [4.69, 9.17) is 0 Å². The Morgan fingerprint density at radius 2 is 1.86 bits per heavy atom. The molecule has 0 saturated heterocycles. The van der Waals surface area contributed by atoms with E-state index in [1.807, 2.05) is 0 Å². The highest BCUT2D eigenvalue weighted by molar-refractivity contribution is 5.95. The largest absolute Gasteiger partial charge is 0.545 e. The van der Waals surface area contributed by atoms with Gasteiger partial charge in [-0.1, -0.05) is 12.1 Å². The van der Waals surface area contributed by atoms with Crippen molar-refractivity contribution < 1.29 is 27.8 Å². The number of ether oxygens (including phenoxy) is 1. The molecule has 0 radical (unpaired) electrons. The topological polar surface area (TPSA) is 61.4 Å². The maximum atomic E-state index is 14.2. The van der Waals surface area contributed by atoms with Gasteiger partial charge in [0, 0.05) is 5.69 Å². The summed E-state index contributed by atoms with van der Waals surface area (Å²) in [5.41, 5.74) is -0.900. The minimum absolute atomic E-state index is 0.300. The monoisotopic (exact) mass is 310 g/mol. The second-order valence-electron chi connectivity index (χ2n) is 4.51. The Balaban J connectivity index is 2.67. The van der Waals surface area contributed by atoms with E-state index < -0.39 is 40.4 Å². The number of carbonyl (C=O) groups is 1. The van der Waals surface area contributed by atoms with Crippen LogP contribution in [0.2, 0.25) is 0 Å². The molecule has 0 spiro atoms. The number of rotatable bonds is 4. The molecule has 0 saturated carbocycles. The molecule has 1 N–H and O–H groups in total. The Hall–Kier alpha value is -2.70. The number of hydrogen-bond acceptors (Lipinski definition) is 4. The number of methoxy groups -OCH3 is 1. The predicted molar refractivity (Wildman–Crippen MR) is 71.7 cm³/mol. The minimum Gasteiger partial charge on any atom is -0.545 e. The number of carbonyl (C=O) groups excluding carboxylic acids is 1. The van der Waals surface area contributed by atoms with Crippen LogP contribution in [0.15, 0.2) is 24.3 Å². The normalized spacial score (nSPS) is 10.4. The summed E-state index contributed by atoms with van der Waals surface area (Å²) < 4.78 is 46.1. The molecule has 4 nitrogen and oxygen atoms in total. The van der Waals surface area contributed by atoms with E-state index in [-0.39, 0.29) is 0 Å². The van der Waals surface area contributed by atoms with E-state index in [0.29, 0.717) is 5.69 Å². The van der Waals surface area contributed by atoms with Crippen molar-refractivity contribution in [3.8, 4) is 5.75 Å². The number of carboxylic acids is 1. The van der Waals surface area contributed by atoms with E-state index in [1.165, 1.54) is 6.07 Å². The first-order valence-corrected chi connectivity index (χ1v) is 6.16. The van der Waals surface area contributed by atoms with E-state index in [2.05, 4.69) is 10.1 Å². The van der Waals surface area contributed by atoms with Gasteiger partial charge in [-0.3, -0.25) is 0 Å². The molecule has 2 aromatic rings. The standard InChI is InChI=1S/C15H12F3NO3/c1-7-4-3-5-8(6-7)19-13-9(15(20)21)10(16)11(17)14(22-2)12(13)18/h3-6,19H,1-2H3,(H,20,21)/p-1. The van der Waals surface area contributed by atoms with Crippen LogP contribution in [-0.4, -0.2) is 13.1 Å². The highest BCUT2D eigenvalue weighted by atomic mass is 19.2. The van der Waals surface area contributed by atoms with E-state index in [0.717, 1.165) is 12.7 Å². The third kappa shape index (κ3) is 2.69. The van der Waals surface area contributed by atoms with Gasteiger partial charge >= 0.3 is 0 Å². The van der Waals surface area contributed by atoms with Gasteiger partial charge in [-0.25, -0.2) is 8.78 Å². The van der Waals surface area contributed by atoms with Crippen LogP contribution in [0, 0.1) is 24.4 Å². The number of anilines is 2. The summed E-state index contributed by atoms with van der Waals surface area (Å²) in [6.45, 7) is 1.76. The summed E-state index contributed by atoms with van der Waals surface area (Å²) in [5, 5.41) is 13.5. The maximum Gasteiger partial charge on any atom is 0.204 e. The van der Waals surface area contributed by atoms with Gasteiger partial charge in [0.05, 0.1) is 24.3 Å². The molecular formula is C15H11F3NO3-. The first kappa shape index (κ1) is 15.7. The fourth-order valence-electron chi connectivity index (χ4n) is 1.99. The Kier molecular flexibility index (Phi) is 4.25. The average molecular weight is 310 g/mol. The van der Waals surface area contributed by atoms with Gasteiger partial charge in [0.2, 0.25) is 5.82 Å². The lowest BCUT2D eigenvalue weighted by molar-refractivity contribution is -0.255. The quantitative estimate of drug-likeness (QED) is 0.882. The third-order valence-electron chi connectivity index (χ3n) is 2.98. The molecule has 0 amide bonds. The number of carboxylic acid groups (broad SMARTS) is 1. The van der Waals surface area contributed by atoms with Crippen molar-refractivity contribution in [2.45, 2.75) is 6.92 Å². The van der Waals surface area contributed by atoms with Crippen molar-refractivity contribution in [2.75, 3.05) is 12.4 Å². The van der Waals surface area contributed by atoms with E-state index >= 15 is 0 Å². The molecule has 0 heterocycles. The van der Waals surface area contributed by atoms with Crippen molar-refractivity contribution in [3.63, 3.8) is 0 Å². The zero-order valence-corrected chi connectivity index (χ0v) is 11.7. The summed E-state index contributed by atoms with van der Waals surface area (Å²) in [6, 6.07) is 6.48. The molecule has 0 aromatic heterocycles. The summed E-state index contributed by atoms with van der Waals surface area (Å²) >= 11 is 0. The number of hydrogen-bond donors (Lipinski definition) is 1. The fourth-order valence-corrected chi connectivity index (χ4v) is 1.99. The van der Waals surface area contributed by atoms with Crippen molar-refractivity contribution >= 4 is 17.3 Å². The van der Waals surface area contributed by atoms with Gasteiger partial charge in [0.15, 0.2) is 17.4 Å². The van der Waals surface area contributed by atoms with Crippen LogP contribution in [-0.2, 0) is 0 Å². The van der Waals surface area contributed by atoms with Gasteiger partial charge in [0.1, 0.15) is 0 Å². The van der Waals surface area contributed by atoms with Gasteiger partial charge in [0.25, 0.3) is 0 Å². The Morgan fingerprint density at radius 3 is 2.41 bits per heavy atom. The molecule has 0 bridgehead atoms. The molecule has 7 heteroatoms. The molecule has 22 heavy (non-hydrogen) atoms. The van der Waals surface area contributed by atoms with Crippen LogP contribution >= 0.6 is 0 Å². The Labute approximate surface area is 124 Å². The number of benzene rings is 2. The summed E-state index contributed by atoms with van der Waals surface area (Å²) in [4.78, 5) is 11.0. The van der Waals surface area contributed by atoms with Gasteiger partial charge in [-0.2, -0.15) is 4.39 Å². The summed E-state index contributed by atoms with van der Waals surface area (Å²) in [7, 11) is 0.941. The molecule has 0 aliphatic carbocycles. The van der Waals surface area contributed by atoms with Gasteiger partial charge in [-0.05, 0) is 24.6 Å². The predicted octanol–water partition coefficient (Wildman–Crippen LogP) is 2.53. The summed E-state index contributed by atoms with van der Waals surface area (Å²) in [5.74, 6) is -7.91. The van der Waals surface area contributed by atoms with Crippen molar-refractivity contribution in [1.29, 1.82) is 0 Å². The van der Waals surface area contributed by atoms with Crippen LogP contribution in [0.1, 0.15) is 15.9 Å². The second kappa shape index (κ2) is 5.97. The SMILES string of the molecule is COc1c(F)c(F)c(C(=O)[O-])c(Nc2cccc(C)c2)c1F. The van der Waals surface area contributed by atoms with Crippen molar-refractivity contribution in [1.82, 2.24) is 0 Å². The van der Waals surface area contributed by atoms with E-state index in [9.17, 15) is 23.1 Å². The zero-order valence-electron chi connectivity index (χ0n) is 11.7. The lowest BCUT2D eigenvalue weighted by Gasteiger charge is -2.17. The van der Waals surface area contributed by atoms with Crippen LogP contribution in [0.3, 0.4) is 0 Å². The minimum atomic E-state index is -2.05. The molecule has 2 rings (SSSR count). The maximum absolute atomic E-state index is 14.2. The van der Waals surface area contributed by atoms with Crippen LogP contribution in [0.4, 0.5) is 24.5 Å². The number of nitrogens with one attached hydrogen (secondary N) is 1. The van der Waals surface area contributed by atoms with Crippen LogP contribution < -0.4 is 15.2 Å². The second-order valence-corrected chi connectivity index (χ2v) is 4.51. The van der Waals surface area contributed by atoms with Crippen LogP contribution in [0.25, 0.3) is 0 Å². The molecule has 0 aliphatic rings. The molecular weight excluding hydrogens is 299 g/mol. The van der Waals surface area contributed by atoms with E-state index in [1.54, 1.807) is 25.1 Å². The highest BCUT2D eigenvalue weighted by Crippen LogP contribution is 2.35. The van der Waals surface area contributed by atoms with Crippen molar-refractivity contribution in [3.05, 3.63) is 52.8 Å². The molecule has 0 unspecified atom stereocenters. The first-order valence-electron chi connectivity index (χ1n) is 6.16. The third-order valence-corrected chi connectivity index (χ3v) is 2.98. The molecule has 0 aliphatic heterocycles. The Morgan fingerprint density at radius 1 is 1.18 bits per heavy atom. The Bertz CT molecular complexity index is 747. The fraction of sp³-hybridized carbons (Fsp3) is 0.133. The smallest absolute Gasteiger partial charge is 0.204 e. The zero-order chi connectivity index (χ0) is 16.4. The highest BCUT2D eigenvalue weighted by Gasteiger charge is 2.26. The lowest BCUT2D eigenvalue weighted by Crippen LogP contribution is -2.26. The number of halogens is 3. The van der Waals surface area contributed by atoms with Gasteiger partial charge in [-0.15, -0.1) is 0 Å². The van der Waals surface area contributed by atoms with Crippen molar-refractivity contribution in [2.24, 2.45) is 0 Å². The summed E-state index contributed by atoms with van der Waals surface area (Å²) in [6.07, 6.45) is 0. The average Bonchev–Trinajstić information content (AvgIpc) is 2.45. The number of aromatic carboxylic acids is 1. The van der Waals surface area contributed by atoms with Crippen LogP contribution in [0.5, 0.6) is 5.75 Å². The molecule has 0 atom stereocenters. The van der Waals surface area contributed by atoms with Gasteiger partial charge < -0.3 is 20.0 Å². The molecule has 0 fully saturated rings.